The molecule has 0 radical (unpaired) electrons. The summed E-state index contributed by atoms with van der Waals surface area (Å²) in [7, 11) is -0.159. The molecule has 0 heterocycles. The normalized spacial score (nSPS) is 10.0. The second-order valence-electron chi connectivity index (χ2n) is 4.52. The third kappa shape index (κ3) is 4.16. The minimum absolute atomic E-state index is 0.159. The molecule has 0 aliphatic rings. The molecule has 0 saturated carbocycles. The van der Waals surface area contributed by atoms with E-state index in [2.05, 4.69) is 100 Å². The van der Waals surface area contributed by atoms with Crippen LogP contribution in [0.2, 0.25) is 0 Å². The monoisotopic (exact) mass is 414 g/mol. The molecule has 0 aromatic heterocycles. The summed E-state index contributed by atoms with van der Waals surface area (Å²) >= 11 is -0.245. The number of hydrogen-bond donors (Lipinski definition) is 0. The van der Waals surface area contributed by atoms with Crippen LogP contribution >= 0.6 is 0 Å². The standard InChI is InChI=1S/C20H15IS/c1-4-10-18(11-5-1)21-16-17-22(19-12-6-2-7-13-19)20-14-8-3-9-15-20/h1-15H/q+2. The van der Waals surface area contributed by atoms with Crippen LogP contribution in [0.5, 0.6) is 0 Å². The lowest BCUT2D eigenvalue weighted by Crippen LogP contribution is -3.59. The summed E-state index contributed by atoms with van der Waals surface area (Å²) in [6, 6.07) is 31.7. The predicted octanol–water partition coefficient (Wildman–Crippen LogP) is 1.60. The summed E-state index contributed by atoms with van der Waals surface area (Å²) in [5, 5.41) is 3.53. The SMILES string of the molecule is C(#C[S+](c1ccccc1)c1ccccc1)[I+]c1ccccc1. The van der Waals surface area contributed by atoms with Gasteiger partial charge < -0.3 is 0 Å². The van der Waals surface area contributed by atoms with Gasteiger partial charge in [-0.25, -0.2) is 0 Å². The molecule has 0 saturated heterocycles. The highest BCUT2D eigenvalue weighted by Crippen LogP contribution is 2.21. The van der Waals surface area contributed by atoms with Crippen molar-refractivity contribution in [1.82, 2.24) is 0 Å². The Morgan fingerprint density at radius 3 is 1.55 bits per heavy atom. The first kappa shape index (κ1) is 15.2. The van der Waals surface area contributed by atoms with Crippen LogP contribution in [0.1, 0.15) is 0 Å². The molecule has 0 aliphatic heterocycles. The van der Waals surface area contributed by atoms with Gasteiger partial charge in [-0.2, -0.15) is 0 Å². The molecule has 106 valence electrons. The van der Waals surface area contributed by atoms with Gasteiger partial charge >= 0.3 is 21.2 Å². The Labute approximate surface area is 145 Å². The highest BCUT2D eigenvalue weighted by Gasteiger charge is 2.25. The van der Waals surface area contributed by atoms with Crippen LogP contribution in [-0.4, -0.2) is 0 Å². The smallest absolute Gasteiger partial charge is 0.0619 e. The molecule has 3 rings (SSSR count). The van der Waals surface area contributed by atoms with Gasteiger partial charge in [-0.1, -0.05) is 54.6 Å². The van der Waals surface area contributed by atoms with Crippen molar-refractivity contribution in [2.45, 2.75) is 9.79 Å². The van der Waals surface area contributed by atoms with Gasteiger partial charge in [-0.15, -0.1) is 0 Å². The topological polar surface area (TPSA) is 0 Å². The van der Waals surface area contributed by atoms with E-state index >= 15 is 0 Å². The molecule has 0 nitrogen and oxygen atoms in total. The molecule has 0 fully saturated rings. The second-order valence-corrected chi connectivity index (χ2v) is 8.60. The van der Waals surface area contributed by atoms with Gasteiger partial charge in [-0.05, 0) is 36.4 Å². The molecule has 0 bridgehead atoms. The first-order valence-corrected chi connectivity index (χ1v) is 10.4. The van der Waals surface area contributed by atoms with Crippen molar-refractivity contribution in [2.75, 3.05) is 0 Å². The van der Waals surface area contributed by atoms with Crippen molar-refractivity contribution >= 4 is 10.9 Å². The Balaban J connectivity index is 1.87. The van der Waals surface area contributed by atoms with Crippen LogP contribution in [0, 0.1) is 12.7 Å². The predicted molar refractivity (Wildman–Crippen MR) is 89.7 cm³/mol. The molecule has 22 heavy (non-hydrogen) atoms. The van der Waals surface area contributed by atoms with Gasteiger partial charge in [0.15, 0.2) is 20.7 Å². The van der Waals surface area contributed by atoms with Crippen LogP contribution in [0.4, 0.5) is 0 Å². The molecule has 0 atom stereocenters. The molecule has 3 aromatic rings. The Morgan fingerprint density at radius 1 is 0.591 bits per heavy atom. The van der Waals surface area contributed by atoms with Crippen molar-refractivity contribution in [3.05, 3.63) is 94.6 Å². The van der Waals surface area contributed by atoms with Crippen LogP contribution < -0.4 is 21.2 Å². The van der Waals surface area contributed by atoms with Gasteiger partial charge in [0.05, 0.1) is 0 Å². The minimum atomic E-state index is -0.245. The summed E-state index contributed by atoms with van der Waals surface area (Å²) in [5.74, 6) is 0. The largest absolute Gasteiger partial charge is 0.424 e. The van der Waals surface area contributed by atoms with Gasteiger partial charge in [-0.3, -0.25) is 0 Å². The summed E-state index contributed by atoms with van der Waals surface area (Å²) in [5.41, 5.74) is 0. The molecule has 3 aromatic carbocycles. The zero-order chi connectivity index (χ0) is 15.0. The lowest BCUT2D eigenvalue weighted by molar-refractivity contribution is -0.535. The minimum Gasteiger partial charge on any atom is -0.0619 e. The fourth-order valence-corrected chi connectivity index (χ4v) is 5.52. The summed E-state index contributed by atoms with van der Waals surface area (Å²) in [6.45, 7) is 0. The molecule has 0 amide bonds. The van der Waals surface area contributed by atoms with Crippen molar-refractivity contribution in [2.24, 2.45) is 0 Å². The Hall–Kier alpha value is -1.70. The van der Waals surface area contributed by atoms with E-state index in [0.717, 1.165) is 0 Å². The molecule has 0 N–H and O–H groups in total. The average molecular weight is 414 g/mol. The lowest BCUT2D eigenvalue weighted by Gasteiger charge is -1.98. The van der Waals surface area contributed by atoms with Crippen LogP contribution in [0.3, 0.4) is 0 Å². The van der Waals surface area contributed by atoms with E-state index in [9.17, 15) is 0 Å². The van der Waals surface area contributed by atoms with Crippen LogP contribution in [-0.2, 0) is 10.9 Å². The van der Waals surface area contributed by atoms with Gasteiger partial charge in [0.25, 0.3) is 0 Å². The Kier molecular flexibility index (Phi) is 5.58. The third-order valence-corrected chi connectivity index (χ3v) is 7.03. The molecule has 0 unspecified atom stereocenters. The van der Waals surface area contributed by atoms with E-state index < -0.39 is 0 Å². The zero-order valence-electron chi connectivity index (χ0n) is 11.9. The summed E-state index contributed by atoms with van der Waals surface area (Å²) < 4.78 is 4.84. The van der Waals surface area contributed by atoms with Gasteiger partial charge in [0, 0.05) is 0 Å². The average Bonchev–Trinajstić information content (AvgIpc) is 2.61. The first-order chi connectivity index (χ1) is 10.9. The Morgan fingerprint density at radius 2 is 1.05 bits per heavy atom. The maximum atomic E-state index is 3.53. The highest BCUT2D eigenvalue weighted by atomic mass is 127. The Bertz CT molecular complexity index is 719. The van der Waals surface area contributed by atoms with Gasteiger partial charge in [0.2, 0.25) is 12.7 Å². The first-order valence-electron chi connectivity index (χ1n) is 6.97. The number of rotatable bonds is 3. The maximum absolute atomic E-state index is 3.53. The number of hydrogen-bond acceptors (Lipinski definition) is 0. The lowest BCUT2D eigenvalue weighted by atomic mass is 10.4. The molecular weight excluding hydrogens is 399 g/mol. The molecular formula is C20H15IS+2. The second kappa shape index (κ2) is 8.07. The third-order valence-electron chi connectivity index (χ3n) is 2.99. The van der Waals surface area contributed by atoms with E-state index in [1.165, 1.54) is 13.4 Å². The van der Waals surface area contributed by atoms with Crippen LogP contribution in [0.15, 0.2) is 101 Å². The zero-order valence-corrected chi connectivity index (χ0v) is 14.9. The molecule has 0 aliphatic carbocycles. The van der Waals surface area contributed by atoms with Gasteiger partial charge in [0.1, 0.15) is 0 Å². The quantitative estimate of drug-likeness (QED) is 0.347. The van der Waals surface area contributed by atoms with E-state index in [1.807, 2.05) is 0 Å². The number of halogens is 1. The fourth-order valence-electron chi connectivity index (χ4n) is 1.96. The molecule has 2 heteroatoms. The van der Waals surface area contributed by atoms with E-state index in [-0.39, 0.29) is 32.1 Å². The van der Waals surface area contributed by atoms with Crippen molar-refractivity contribution < 1.29 is 21.2 Å². The van der Waals surface area contributed by atoms with E-state index in [1.54, 1.807) is 0 Å². The maximum Gasteiger partial charge on any atom is 0.424 e. The summed E-state index contributed by atoms with van der Waals surface area (Å²) in [4.78, 5) is 2.58. The summed E-state index contributed by atoms with van der Waals surface area (Å²) in [6.07, 6.45) is 0. The van der Waals surface area contributed by atoms with E-state index in [4.69, 9.17) is 0 Å². The van der Waals surface area contributed by atoms with Crippen molar-refractivity contribution in [1.29, 1.82) is 0 Å². The van der Waals surface area contributed by atoms with Crippen LogP contribution in [0.25, 0.3) is 0 Å². The number of benzene rings is 3. The van der Waals surface area contributed by atoms with Crippen molar-refractivity contribution in [3.8, 4) is 9.18 Å². The fraction of sp³-hybridized carbons (Fsp3) is 0. The molecule has 0 spiro atoms. The highest BCUT2D eigenvalue weighted by molar-refractivity contribution is 8.01. The van der Waals surface area contributed by atoms with Crippen molar-refractivity contribution in [3.63, 3.8) is 0 Å². The van der Waals surface area contributed by atoms with E-state index in [0.29, 0.717) is 0 Å².